The van der Waals surface area contributed by atoms with Crippen LogP contribution in [0.2, 0.25) is 0 Å². The van der Waals surface area contributed by atoms with Crippen molar-refractivity contribution < 1.29 is 17.9 Å². The fraction of sp³-hybridized carbons (Fsp3) is 0.467. The Kier molecular flexibility index (Phi) is 4.39. The van der Waals surface area contributed by atoms with E-state index in [2.05, 4.69) is 9.72 Å². The number of halogens is 3. The molecule has 1 aromatic carbocycles. The Morgan fingerprint density at radius 3 is 2.48 bits per heavy atom. The number of hydrogen-bond acceptors (Lipinski definition) is 4. The van der Waals surface area contributed by atoms with Gasteiger partial charge in [-0.15, -0.1) is 13.2 Å². The van der Waals surface area contributed by atoms with Gasteiger partial charge in [0, 0.05) is 12.1 Å². The van der Waals surface area contributed by atoms with E-state index in [0.29, 0.717) is 12.1 Å². The van der Waals surface area contributed by atoms with E-state index in [-0.39, 0.29) is 10.9 Å². The largest absolute Gasteiger partial charge is 0.573 e. The summed E-state index contributed by atoms with van der Waals surface area (Å²) in [6.45, 7) is 4.26. The maximum absolute atomic E-state index is 12.5. The van der Waals surface area contributed by atoms with Gasteiger partial charge < -0.3 is 9.64 Å². The Morgan fingerprint density at radius 2 is 1.91 bits per heavy atom. The Balaban J connectivity index is 2.46. The molecule has 2 aromatic rings. The lowest BCUT2D eigenvalue weighted by molar-refractivity contribution is -0.274. The van der Waals surface area contributed by atoms with Gasteiger partial charge in [-0.3, -0.25) is 9.36 Å². The second-order valence-electron chi connectivity index (χ2n) is 6.11. The zero-order valence-corrected chi connectivity index (χ0v) is 13.3. The second kappa shape index (κ2) is 5.84. The molecule has 0 aliphatic heterocycles. The zero-order chi connectivity index (χ0) is 17.4. The van der Waals surface area contributed by atoms with Crippen LogP contribution >= 0.6 is 0 Å². The fourth-order valence-corrected chi connectivity index (χ4v) is 2.01. The van der Waals surface area contributed by atoms with Crippen molar-refractivity contribution in [3.8, 4) is 5.75 Å². The van der Waals surface area contributed by atoms with Gasteiger partial charge in [0.15, 0.2) is 0 Å². The third kappa shape index (κ3) is 4.01. The van der Waals surface area contributed by atoms with Crippen molar-refractivity contribution in [2.24, 2.45) is 0 Å². The molecule has 23 heavy (non-hydrogen) atoms. The number of alkyl halides is 3. The summed E-state index contributed by atoms with van der Waals surface area (Å²) < 4.78 is 42.2. The van der Waals surface area contributed by atoms with Gasteiger partial charge >= 0.3 is 6.36 Å². The second-order valence-corrected chi connectivity index (χ2v) is 6.11. The van der Waals surface area contributed by atoms with Gasteiger partial charge in [-0.05, 0) is 46.1 Å². The molecule has 0 aliphatic carbocycles. The molecule has 0 fully saturated rings. The molecule has 0 amide bonds. The smallest absolute Gasteiger partial charge is 0.406 e. The molecule has 0 aliphatic rings. The molecular weight excluding hydrogens is 311 g/mol. The lowest BCUT2D eigenvalue weighted by Gasteiger charge is -2.32. The van der Waals surface area contributed by atoms with E-state index in [4.69, 9.17) is 0 Å². The van der Waals surface area contributed by atoms with E-state index >= 15 is 0 Å². The summed E-state index contributed by atoms with van der Waals surface area (Å²) in [6, 6.07) is 3.53. The van der Waals surface area contributed by atoms with Gasteiger partial charge in [0.1, 0.15) is 5.75 Å². The standard InChI is InChI=1S/C15H18F3N3O2/c1-14(2,20(3)4)8-21-9-19-12-6-5-10(23-15(16,17)18)7-11(12)13(21)22/h5-7,9H,8H2,1-4H3. The molecule has 0 saturated heterocycles. The zero-order valence-electron chi connectivity index (χ0n) is 13.3. The van der Waals surface area contributed by atoms with Crippen LogP contribution in [0.1, 0.15) is 13.8 Å². The van der Waals surface area contributed by atoms with Crippen molar-refractivity contribution in [3.05, 3.63) is 34.9 Å². The lowest BCUT2D eigenvalue weighted by Crippen LogP contribution is -2.44. The van der Waals surface area contributed by atoms with E-state index in [1.54, 1.807) is 0 Å². The highest BCUT2D eigenvalue weighted by molar-refractivity contribution is 5.78. The number of likely N-dealkylation sites (N-methyl/N-ethyl adjacent to an activating group) is 1. The molecule has 0 N–H and O–H groups in total. The first kappa shape index (κ1) is 17.3. The molecule has 1 aromatic heterocycles. The average molecular weight is 329 g/mol. The van der Waals surface area contributed by atoms with E-state index < -0.39 is 17.7 Å². The quantitative estimate of drug-likeness (QED) is 0.865. The molecule has 2 rings (SSSR count). The number of aromatic nitrogens is 2. The van der Waals surface area contributed by atoms with Crippen molar-refractivity contribution in [2.45, 2.75) is 32.3 Å². The molecule has 0 unspecified atom stereocenters. The highest BCUT2D eigenvalue weighted by atomic mass is 19.4. The third-order valence-corrected chi connectivity index (χ3v) is 3.80. The summed E-state index contributed by atoms with van der Waals surface area (Å²) in [5, 5.41) is 0.0869. The van der Waals surface area contributed by atoms with Crippen molar-refractivity contribution >= 4 is 10.9 Å². The number of ether oxygens (including phenoxy) is 1. The van der Waals surface area contributed by atoms with Gasteiger partial charge in [0.2, 0.25) is 0 Å². The normalized spacial score (nSPS) is 12.9. The average Bonchev–Trinajstić information content (AvgIpc) is 2.40. The first-order valence-electron chi connectivity index (χ1n) is 6.92. The van der Waals surface area contributed by atoms with Crippen LogP contribution in [0.5, 0.6) is 5.75 Å². The van der Waals surface area contributed by atoms with Crippen molar-refractivity contribution in [2.75, 3.05) is 14.1 Å². The van der Waals surface area contributed by atoms with E-state index in [1.807, 2.05) is 32.8 Å². The maximum Gasteiger partial charge on any atom is 0.573 e. The Labute approximate surface area is 131 Å². The number of nitrogens with zero attached hydrogens (tertiary/aromatic N) is 3. The van der Waals surface area contributed by atoms with Crippen molar-refractivity contribution in [3.63, 3.8) is 0 Å². The van der Waals surface area contributed by atoms with Crippen LogP contribution in [-0.2, 0) is 6.54 Å². The molecule has 0 bridgehead atoms. The monoisotopic (exact) mass is 329 g/mol. The van der Waals surface area contributed by atoms with Crippen LogP contribution in [0.15, 0.2) is 29.3 Å². The molecule has 8 heteroatoms. The molecule has 1 heterocycles. The number of benzene rings is 1. The lowest BCUT2D eigenvalue weighted by atomic mass is 10.0. The summed E-state index contributed by atoms with van der Waals surface area (Å²) in [6.07, 6.45) is -3.40. The minimum Gasteiger partial charge on any atom is -0.406 e. The SMILES string of the molecule is CN(C)C(C)(C)Cn1cnc2ccc(OC(F)(F)F)cc2c1=O. The molecule has 0 atom stereocenters. The molecule has 0 spiro atoms. The van der Waals surface area contributed by atoms with Gasteiger partial charge in [-0.25, -0.2) is 4.98 Å². The maximum atomic E-state index is 12.5. The molecule has 5 nitrogen and oxygen atoms in total. The topological polar surface area (TPSA) is 47.4 Å². The first-order valence-corrected chi connectivity index (χ1v) is 6.92. The molecule has 126 valence electrons. The Hall–Kier alpha value is -2.09. The summed E-state index contributed by atoms with van der Waals surface area (Å²) in [5.74, 6) is -0.437. The van der Waals surface area contributed by atoms with Gasteiger partial charge in [-0.1, -0.05) is 0 Å². The number of rotatable bonds is 4. The predicted octanol–water partition coefficient (Wildman–Crippen LogP) is 2.64. The van der Waals surface area contributed by atoms with Crippen LogP contribution < -0.4 is 10.3 Å². The third-order valence-electron chi connectivity index (χ3n) is 3.80. The Bertz CT molecular complexity index is 767. The molecule has 0 radical (unpaired) electrons. The molecular formula is C15H18F3N3O2. The van der Waals surface area contributed by atoms with Crippen LogP contribution in [-0.4, -0.2) is 40.4 Å². The van der Waals surface area contributed by atoms with Crippen LogP contribution in [0.25, 0.3) is 10.9 Å². The first-order chi connectivity index (χ1) is 10.5. The predicted molar refractivity (Wildman–Crippen MR) is 80.5 cm³/mol. The Morgan fingerprint density at radius 1 is 1.26 bits per heavy atom. The summed E-state index contributed by atoms with van der Waals surface area (Å²) >= 11 is 0. The number of fused-ring (bicyclic) bond motifs is 1. The van der Waals surface area contributed by atoms with Crippen LogP contribution in [0.4, 0.5) is 13.2 Å². The summed E-state index contributed by atoms with van der Waals surface area (Å²) in [7, 11) is 3.77. The van der Waals surface area contributed by atoms with E-state index in [9.17, 15) is 18.0 Å². The summed E-state index contributed by atoms with van der Waals surface area (Å²) in [4.78, 5) is 18.6. The van der Waals surface area contributed by atoms with Gasteiger partial charge in [0.25, 0.3) is 5.56 Å². The van der Waals surface area contributed by atoms with Crippen molar-refractivity contribution in [1.29, 1.82) is 0 Å². The van der Waals surface area contributed by atoms with E-state index in [0.717, 1.165) is 12.1 Å². The highest BCUT2D eigenvalue weighted by Crippen LogP contribution is 2.24. The molecule has 0 saturated carbocycles. The van der Waals surface area contributed by atoms with Crippen LogP contribution in [0, 0.1) is 0 Å². The van der Waals surface area contributed by atoms with Crippen LogP contribution in [0.3, 0.4) is 0 Å². The highest BCUT2D eigenvalue weighted by Gasteiger charge is 2.31. The minimum absolute atomic E-state index is 0.0869. The van der Waals surface area contributed by atoms with Gasteiger partial charge in [-0.2, -0.15) is 0 Å². The van der Waals surface area contributed by atoms with E-state index in [1.165, 1.54) is 17.0 Å². The number of hydrogen-bond donors (Lipinski definition) is 0. The fourth-order valence-electron chi connectivity index (χ4n) is 2.01. The summed E-state index contributed by atoms with van der Waals surface area (Å²) in [5.41, 5.74) is -0.403. The minimum atomic E-state index is -4.80. The van der Waals surface area contributed by atoms with Gasteiger partial charge in [0.05, 0.1) is 17.2 Å². The van der Waals surface area contributed by atoms with Crippen molar-refractivity contribution in [1.82, 2.24) is 14.5 Å².